The number of hydrogen-bond donors (Lipinski definition) is 1. The minimum atomic E-state index is -3.64. The van der Waals surface area contributed by atoms with E-state index in [2.05, 4.69) is 4.98 Å². The van der Waals surface area contributed by atoms with Crippen molar-refractivity contribution in [2.45, 2.75) is 32.6 Å². The molecule has 10 nitrogen and oxygen atoms in total. The van der Waals surface area contributed by atoms with E-state index in [0.717, 1.165) is 5.56 Å². The van der Waals surface area contributed by atoms with Gasteiger partial charge in [0.25, 0.3) is 5.91 Å². The maximum atomic E-state index is 12.8. The van der Waals surface area contributed by atoms with Gasteiger partial charge in [0.15, 0.2) is 6.61 Å². The Bertz CT molecular complexity index is 1180. The molecule has 184 valence electrons. The van der Waals surface area contributed by atoms with Gasteiger partial charge in [0.1, 0.15) is 5.69 Å². The lowest BCUT2D eigenvalue weighted by Crippen LogP contribution is -2.51. The molecule has 1 aromatic carbocycles. The first-order valence-corrected chi connectivity index (χ1v) is 12.4. The van der Waals surface area contributed by atoms with Gasteiger partial charge in [-0.25, -0.2) is 18.0 Å². The van der Waals surface area contributed by atoms with E-state index >= 15 is 0 Å². The Balaban J connectivity index is 1.56. The predicted molar refractivity (Wildman–Crippen MR) is 123 cm³/mol. The zero-order valence-electron chi connectivity index (χ0n) is 19.7. The molecule has 0 bridgehead atoms. The highest BCUT2D eigenvalue weighted by Gasteiger charge is 2.31. The normalized spacial score (nSPS) is 14.6. The summed E-state index contributed by atoms with van der Waals surface area (Å²) in [4.78, 5) is 41.6. The number of aromatic nitrogens is 1. The summed E-state index contributed by atoms with van der Waals surface area (Å²) in [6.07, 6.45) is 0. The van der Waals surface area contributed by atoms with Crippen molar-refractivity contribution in [1.82, 2.24) is 14.2 Å². The third-order valence-corrected chi connectivity index (χ3v) is 7.61. The summed E-state index contributed by atoms with van der Waals surface area (Å²) in [5.41, 5.74) is 2.18. The molecule has 0 saturated carbocycles. The summed E-state index contributed by atoms with van der Waals surface area (Å²) in [7, 11) is -3.64. The number of carbonyl (C=O) groups is 3. The van der Waals surface area contributed by atoms with Crippen LogP contribution in [0.4, 0.5) is 0 Å². The number of piperazine rings is 1. The fourth-order valence-corrected chi connectivity index (χ4v) is 5.21. The Morgan fingerprint density at radius 1 is 0.941 bits per heavy atom. The summed E-state index contributed by atoms with van der Waals surface area (Å²) in [5.74, 6) is -1.72. The molecule has 1 aliphatic rings. The lowest BCUT2D eigenvalue weighted by Gasteiger charge is -2.33. The number of aryl methyl sites for hydroxylation is 2. The molecular weight excluding hydrogens is 462 g/mol. The molecule has 34 heavy (non-hydrogen) atoms. The van der Waals surface area contributed by atoms with E-state index in [4.69, 9.17) is 9.47 Å². The molecule has 1 aromatic heterocycles. The van der Waals surface area contributed by atoms with Crippen LogP contribution in [-0.4, -0.2) is 79.8 Å². The van der Waals surface area contributed by atoms with Gasteiger partial charge in [-0.15, -0.1) is 0 Å². The van der Waals surface area contributed by atoms with Crippen molar-refractivity contribution in [3.63, 3.8) is 0 Å². The maximum absolute atomic E-state index is 12.8. The molecule has 1 saturated heterocycles. The maximum Gasteiger partial charge on any atom is 0.355 e. The molecule has 1 N–H and O–H groups in total. The largest absolute Gasteiger partial charge is 0.462 e. The second-order valence-corrected chi connectivity index (χ2v) is 9.96. The highest BCUT2D eigenvalue weighted by Crippen LogP contribution is 2.21. The lowest BCUT2D eigenvalue weighted by molar-refractivity contribution is -0.135. The van der Waals surface area contributed by atoms with Gasteiger partial charge in [0, 0.05) is 31.9 Å². The van der Waals surface area contributed by atoms with Crippen LogP contribution in [0.5, 0.6) is 0 Å². The molecule has 11 heteroatoms. The predicted octanol–water partition coefficient (Wildman–Crippen LogP) is 1.81. The van der Waals surface area contributed by atoms with E-state index < -0.39 is 34.5 Å². The SMILES string of the molecule is CCOC(=O)c1c(C)[nH]c(C(=O)OCC(=O)N2CCN(S(=O)(=O)c3ccc(C)cc3)CC2)c1C. The van der Waals surface area contributed by atoms with E-state index in [1.165, 1.54) is 9.21 Å². The highest BCUT2D eigenvalue weighted by atomic mass is 32.2. The van der Waals surface area contributed by atoms with Crippen LogP contribution in [-0.2, 0) is 24.3 Å². The quantitative estimate of drug-likeness (QED) is 0.585. The molecule has 0 atom stereocenters. The Hall–Kier alpha value is -3.18. The summed E-state index contributed by atoms with van der Waals surface area (Å²) in [5, 5.41) is 0. The number of carbonyl (C=O) groups excluding carboxylic acids is 3. The minimum absolute atomic E-state index is 0.0855. The lowest BCUT2D eigenvalue weighted by atomic mass is 10.1. The second-order valence-electron chi connectivity index (χ2n) is 8.02. The second kappa shape index (κ2) is 10.4. The summed E-state index contributed by atoms with van der Waals surface area (Å²) >= 11 is 0. The van der Waals surface area contributed by atoms with E-state index in [1.54, 1.807) is 45.0 Å². The third kappa shape index (κ3) is 5.31. The third-order valence-electron chi connectivity index (χ3n) is 5.70. The van der Waals surface area contributed by atoms with Gasteiger partial charge < -0.3 is 19.4 Å². The Kier molecular flexibility index (Phi) is 7.78. The van der Waals surface area contributed by atoms with E-state index in [-0.39, 0.29) is 48.9 Å². The summed E-state index contributed by atoms with van der Waals surface area (Å²) in [6.45, 7) is 7.20. The molecule has 0 spiro atoms. The molecule has 2 heterocycles. The van der Waals surface area contributed by atoms with Gasteiger partial charge in [-0.05, 0) is 45.4 Å². The molecule has 1 aliphatic heterocycles. The first-order valence-electron chi connectivity index (χ1n) is 10.9. The van der Waals surface area contributed by atoms with Gasteiger partial charge >= 0.3 is 11.9 Å². The van der Waals surface area contributed by atoms with Crippen LogP contribution in [0.2, 0.25) is 0 Å². The van der Waals surface area contributed by atoms with Crippen LogP contribution in [0.1, 0.15) is 44.6 Å². The molecule has 1 fully saturated rings. The zero-order chi connectivity index (χ0) is 25.0. The monoisotopic (exact) mass is 491 g/mol. The van der Waals surface area contributed by atoms with Crippen LogP contribution in [0.25, 0.3) is 0 Å². The van der Waals surface area contributed by atoms with Crippen molar-refractivity contribution >= 4 is 27.9 Å². The molecule has 0 aliphatic carbocycles. The number of rotatable bonds is 7. The molecule has 0 unspecified atom stereocenters. The summed E-state index contributed by atoms with van der Waals surface area (Å²) in [6, 6.07) is 6.62. The first-order chi connectivity index (χ1) is 16.1. The number of benzene rings is 1. The fraction of sp³-hybridized carbons (Fsp3) is 0.435. The van der Waals surface area contributed by atoms with Gasteiger partial charge in [0.2, 0.25) is 10.0 Å². The standard InChI is InChI=1S/C23H29N3O7S/c1-5-32-22(28)20-16(3)21(24-17(20)4)23(29)33-14-19(27)25-10-12-26(13-11-25)34(30,31)18-8-6-15(2)7-9-18/h6-9,24H,5,10-14H2,1-4H3. The topological polar surface area (TPSA) is 126 Å². The van der Waals surface area contributed by atoms with Gasteiger partial charge in [-0.2, -0.15) is 4.31 Å². The number of nitrogens with one attached hydrogen (secondary N) is 1. The van der Waals surface area contributed by atoms with E-state index in [1.807, 2.05) is 6.92 Å². The first kappa shape index (κ1) is 25.4. The van der Waals surface area contributed by atoms with Crippen LogP contribution >= 0.6 is 0 Å². The number of ether oxygens (including phenoxy) is 2. The Morgan fingerprint density at radius 3 is 2.15 bits per heavy atom. The highest BCUT2D eigenvalue weighted by molar-refractivity contribution is 7.89. The number of hydrogen-bond acceptors (Lipinski definition) is 7. The summed E-state index contributed by atoms with van der Waals surface area (Å²) < 4.78 is 37.1. The number of H-pyrrole nitrogens is 1. The number of esters is 2. The van der Waals surface area contributed by atoms with Crippen molar-refractivity contribution in [3.8, 4) is 0 Å². The number of sulfonamides is 1. The van der Waals surface area contributed by atoms with Crippen LogP contribution in [0.15, 0.2) is 29.2 Å². The minimum Gasteiger partial charge on any atom is -0.462 e. The van der Waals surface area contributed by atoms with Crippen molar-refractivity contribution in [2.24, 2.45) is 0 Å². The van der Waals surface area contributed by atoms with Crippen molar-refractivity contribution in [1.29, 1.82) is 0 Å². The van der Waals surface area contributed by atoms with Crippen LogP contribution in [0.3, 0.4) is 0 Å². The van der Waals surface area contributed by atoms with Gasteiger partial charge in [-0.1, -0.05) is 17.7 Å². The molecule has 1 amide bonds. The molecule has 2 aromatic rings. The van der Waals surface area contributed by atoms with Crippen molar-refractivity contribution < 1.29 is 32.3 Å². The van der Waals surface area contributed by atoms with Gasteiger partial charge in [-0.3, -0.25) is 4.79 Å². The van der Waals surface area contributed by atoms with Crippen molar-refractivity contribution in [2.75, 3.05) is 39.4 Å². The van der Waals surface area contributed by atoms with Crippen molar-refractivity contribution in [3.05, 3.63) is 52.3 Å². The molecule has 3 rings (SSSR count). The zero-order valence-corrected chi connectivity index (χ0v) is 20.5. The molecular formula is C23H29N3O7S. The van der Waals surface area contributed by atoms with E-state index in [0.29, 0.717) is 11.3 Å². The Morgan fingerprint density at radius 2 is 1.56 bits per heavy atom. The number of aromatic amines is 1. The number of amides is 1. The van der Waals surface area contributed by atoms with Crippen LogP contribution in [0, 0.1) is 20.8 Å². The van der Waals surface area contributed by atoms with Gasteiger partial charge in [0.05, 0.1) is 17.1 Å². The average Bonchev–Trinajstić information content (AvgIpc) is 3.11. The smallest absolute Gasteiger partial charge is 0.355 e. The number of nitrogens with zero attached hydrogens (tertiary/aromatic N) is 2. The van der Waals surface area contributed by atoms with E-state index in [9.17, 15) is 22.8 Å². The fourth-order valence-electron chi connectivity index (χ4n) is 3.79. The van der Waals surface area contributed by atoms with Crippen LogP contribution < -0.4 is 0 Å². The Labute approximate surface area is 198 Å². The average molecular weight is 492 g/mol. The molecule has 0 radical (unpaired) electrons.